The Bertz CT molecular complexity index is 277. The van der Waals surface area contributed by atoms with E-state index in [1.165, 1.54) is 4.90 Å². The summed E-state index contributed by atoms with van der Waals surface area (Å²) in [5.74, 6) is -0.354. The summed E-state index contributed by atoms with van der Waals surface area (Å²) in [5, 5.41) is 8.78. The van der Waals surface area contributed by atoms with E-state index >= 15 is 0 Å². The number of amides is 1. The monoisotopic (exact) mass is 260 g/mol. The maximum atomic E-state index is 11.0. The van der Waals surface area contributed by atoms with Gasteiger partial charge in [-0.1, -0.05) is 0 Å². The lowest BCUT2D eigenvalue weighted by molar-refractivity contribution is -0.148. The molecule has 1 amide bonds. The Balaban J connectivity index is 2.04. The minimum absolute atomic E-state index is 0.0249. The van der Waals surface area contributed by atoms with Crippen LogP contribution in [0.4, 0.5) is 4.79 Å². The summed E-state index contributed by atoms with van der Waals surface area (Å²) < 4.78 is 9.90. The van der Waals surface area contributed by atoms with Crippen LogP contribution in [-0.2, 0) is 14.3 Å². The van der Waals surface area contributed by atoms with Gasteiger partial charge in [0.2, 0.25) is 0 Å². The Hall–Kier alpha value is -1.34. The maximum Gasteiger partial charge on any atom is 0.407 e. The first-order valence-corrected chi connectivity index (χ1v) is 6.07. The van der Waals surface area contributed by atoms with Gasteiger partial charge < -0.3 is 19.5 Å². The summed E-state index contributed by atoms with van der Waals surface area (Å²) in [7, 11) is 0. The molecule has 1 saturated heterocycles. The van der Waals surface area contributed by atoms with Crippen LogP contribution >= 0.6 is 0 Å². The SMILES string of the molecule is CCOC(=O)COCCN1CCN(C(=O)O)CC1. The third-order valence-corrected chi connectivity index (χ3v) is 2.72. The topological polar surface area (TPSA) is 79.3 Å². The van der Waals surface area contributed by atoms with Crippen molar-refractivity contribution in [3.63, 3.8) is 0 Å². The molecule has 0 saturated carbocycles. The van der Waals surface area contributed by atoms with Gasteiger partial charge in [-0.3, -0.25) is 4.90 Å². The fourth-order valence-electron chi connectivity index (χ4n) is 1.71. The van der Waals surface area contributed by atoms with Crippen LogP contribution in [0.1, 0.15) is 6.92 Å². The molecule has 0 aliphatic carbocycles. The van der Waals surface area contributed by atoms with Gasteiger partial charge >= 0.3 is 12.1 Å². The molecule has 1 aliphatic heterocycles. The van der Waals surface area contributed by atoms with Gasteiger partial charge in [0.05, 0.1) is 13.2 Å². The first kappa shape index (κ1) is 14.7. The normalized spacial score (nSPS) is 16.6. The van der Waals surface area contributed by atoms with Crippen LogP contribution in [0.3, 0.4) is 0 Å². The second-order valence-electron chi connectivity index (χ2n) is 3.97. The molecular weight excluding hydrogens is 240 g/mol. The fraction of sp³-hybridized carbons (Fsp3) is 0.818. The molecule has 1 fully saturated rings. The molecule has 7 nitrogen and oxygen atoms in total. The fourth-order valence-corrected chi connectivity index (χ4v) is 1.71. The van der Waals surface area contributed by atoms with Crippen molar-refractivity contribution < 1.29 is 24.2 Å². The highest BCUT2D eigenvalue weighted by Gasteiger charge is 2.19. The van der Waals surface area contributed by atoms with Gasteiger partial charge in [0.15, 0.2) is 0 Å². The average molecular weight is 260 g/mol. The van der Waals surface area contributed by atoms with Crippen molar-refractivity contribution in [3.05, 3.63) is 0 Å². The molecule has 0 aromatic rings. The smallest absolute Gasteiger partial charge is 0.407 e. The zero-order chi connectivity index (χ0) is 13.4. The summed E-state index contributed by atoms with van der Waals surface area (Å²) in [6, 6.07) is 0. The highest BCUT2D eigenvalue weighted by atomic mass is 16.6. The summed E-state index contributed by atoms with van der Waals surface area (Å²) in [5.41, 5.74) is 0. The minimum Gasteiger partial charge on any atom is -0.465 e. The molecule has 7 heteroatoms. The molecule has 0 radical (unpaired) electrons. The lowest BCUT2D eigenvalue weighted by Crippen LogP contribution is -2.49. The largest absolute Gasteiger partial charge is 0.465 e. The van der Waals surface area contributed by atoms with E-state index in [1.54, 1.807) is 6.92 Å². The van der Waals surface area contributed by atoms with Crippen molar-refractivity contribution >= 4 is 12.1 Å². The number of nitrogens with zero attached hydrogens (tertiary/aromatic N) is 2. The van der Waals surface area contributed by atoms with Gasteiger partial charge in [-0.05, 0) is 6.92 Å². The summed E-state index contributed by atoms with van der Waals surface area (Å²) in [6.45, 7) is 5.69. The van der Waals surface area contributed by atoms with Crippen molar-refractivity contribution in [1.82, 2.24) is 9.80 Å². The predicted molar refractivity (Wildman–Crippen MR) is 63.5 cm³/mol. The molecule has 0 unspecified atom stereocenters. The Morgan fingerprint density at radius 2 is 1.89 bits per heavy atom. The molecule has 1 aliphatic rings. The van der Waals surface area contributed by atoms with Crippen molar-refractivity contribution in [3.8, 4) is 0 Å². The molecule has 0 aromatic heterocycles. The van der Waals surface area contributed by atoms with Crippen LogP contribution in [0.2, 0.25) is 0 Å². The van der Waals surface area contributed by atoms with E-state index in [0.29, 0.717) is 45.9 Å². The first-order chi connectivity index (χ1) is 8.63. The molecule has 0 atom stereocenters. The van der Waals surface area contributed by atoms with Gasteiger partial charge in [-0.2, -0.15) is 0 Å². The van der Waals surface area contributed by atoms with Gasteiger partial charge in [0.1, 0.15) is 6.61 Å². The van der Waals surface area contributed by atoms with E-state index in [1.807, 2.05) is 0 Å². The molecule has 0 spiro atoms. The van der Waals surface area contributed by atoms with Gasteiger partial charge in [-0.25, -0.2) is 9.59 Å². The quantitative estimate of drug-likeness (QED) is 0.529. The number of rotatable bonds is 6. The number of esters is 1. The molecule has 104 valence electrons. The third-order valence-electron chi connectivity index (χ3n) is 2.72. The highest BCUT2D eigenvalue weighted by Crippen LogP contribution is 2.01. The Morgan fingerprint density at radius 1 is 1.22 bits per heavy atom. The molecule has 1 heterocycles. The van der Waals surface area contributed by atoms with E-state index in [-0.39, 0.29) is 12.6 Å². The number of ether oxygens (including phenoxy) is 2. The lowest BCUT2D eigenvalue weighted by Gasteiger charge is -2.32. The Kier molecular flexibility index (Phi) is 6.45. The zero-order valence-corrected chi connectivity index (χ0v) is 10.6. The maximum absolute atomic E-state index is 11.0. The number of hydrogen-bond donors (Lipinski definition) is 1. The number of hydrogen-bond acceptors (Lipinski definition) is 5. The van der Waals surface area contributed by atoms with E-state index in [0.717, 1.165) is 0 Å². The highest BCUT2D eigenvalue weighted by molar-refractivity contribution is 5.70. The molecule has 0 bridgehead atoms. The molecule has 18 heavy (non-hydrogen) atoms. The third kappa shape index (κ3) is 5.33. The van der Waals surface area contributed by atoms with E-state index < -0.39 is 6.09 Å². The number of carbonyl (C=O) groups excluding carboxylic acids is 1. The van der Waals surface area contributed by atoms with Gasteiger partial charge in [0, 0.05) is 32.7 Å². The van der Waals surface area contributed by atoms with E-state index in [2.05, 4.69) is 4.90 Å². The number of piperazine rings is 1. The summed E-state index contributed by atoms with van der Waals surface area (Å²) >= 11 is 0. The second kappa shape index (κ2) is 7.88. The zero-order valence-electron chi connectivity index (χ0n) is 10.6. The van der Waals surface area contributed by atoms with Crippen molar-refractivity contribution in [2.24, 2.45) is 0 Å². The lowest BCUT2D eigenvalue weighted by atomic mass is 10.3. The predicted octanol–water partition coefficient (Wildman–Crippen LogP) is -0.138. The first-order valence-electron chi connectivity index (χ1n) is 6.07. The van der Waals surface area contributed by atoms with Gasteiger partial charge in [0.25, 0.3) is 0 Å². The molecule has 0 aromatic carbocycles. The van der Waals surface area contributed by atoms with Gasteiger partial charge in [-0.15, -0.1) is 0 Å². The van der Waals surface area contributed by atoms with Crippen LogP contribution in [0.25, 0.3) is 0 Å². The molecular formula is C11H20N2O5. The second-order valence-corrected chi connectivity index (χ2v) is 3.97. The average Bonchev–Trinajstić information content (AvgIpc) is 2.35. The number of carbonyl (C=O) groups is 2. The van der Waals surface area contributed by atoms with E-state index in [4.69, 9.17) is 14.6 Å². The van der Waals surface area contributed by atoms with Crippen molar-refractivity contribution in [1.29, 1.82) is 0 Å². The summed E-state index contributed by atoms with van der Waals surface area (Å²) in [6.07, 6.45) is -0.867. The van der Waals surface area contributed by atoms with Crippen molar-refractivity contribution in [2.75, 3.05) is 52.5 Å². The minimum atomic E-state index is -0.867. The van der Waals surface area contributed by atoms with Crippen LogP contribution in [0.15, 0.2) is 0 Å². The number of carboxylic acid groups (broad SMARTS) is 1. The van der Waals surface area contributed by atoms with Crippen LogP contribution in [0.5, 0.6) is 0 Å². The standard InChI is InChI=1S/C11H20N2O5/c1-2-18-10(14)9-17-8-7-12-3-5-13(6-4-12)11(15)16/h2-9H2,1H3,(H,15,16). The Labute approximate surface area is 106 Å². The van der Waals surface area contributed by atoms with Crippen LogP contribution in [-0.4, -0.2) is 79.5 Å². The van der Waals surface area contributed by atoms with E-state index in [9.17, 15) is 9.59 Å². The van der Waals surface area contributed by atoms with Crippen LogP contribution in [0, 0.1) is 0 Å². The summed E-state index contributed by atoms with van der Waals surface area (Å²) in [4.78, 5) is 25.2. The molecule has 1 rings (SSSR count). The van der Waals surface area contributed by atoms with Crippen LogP contribution < -0.4 is 0 Å². The molecule has 1 N–H and O–H groups in total. The van der Waals surface area contributed by atoms with Crippen molar-refractivity contribution in [2.45, 2.75) is 6.92 Å². The Morgan fingerprint density at radius 3 is 2.44 bits per heavy atom.